The Labute approximate surface area is 132 Å². The Hall–Kier alpha value is -2.34. The molecule has 22 heavy (non-hydrogen) atoms. The zero-order chi connectivity index (χ0) is 15.7. The molecule has 0 atom stereocenters. The molecule has 0 bridgehead atoms. The molecule has 1 N–H and O–H groups in total. The van der Waals surface area contributed by atoms with Gasteiger partial charge in [-0.25, -0.2) is 4.68 Å². The van der Waals surface area contributed by atoms with Crippen molar-refractivity contribution >= 4 is 29.0 Å². The van der Waals surface area contributed by atoms with E-state index in [9.17, 15) is 9.59 Å². The van der Waals surface area contributed by atoms with E-state index in [1.54, 1.807) is 17.0 Å². The summed E-state index contributed by atoms with van der Waals surface area (Å²) >= 11 is 0.903. The molecule has 1 aliphatic heterocycles. The zero-order valence-corrected chi connectivity index (χ0v) is 13.1. The number of carbonyl (C=O) groups is 2. The number of thioether (sulfide) groups is 1. The third-order valence-electron chi connectivity index (χ3n) is 3.37. The Kier molecular flexibility index (Phi) is 3.85. The molecule has 0 aliphatic carbocycles. The molecule has 1 aromatic heterocycles. The summed E-state index contributed by atoms with van der Waals surface area (Å²) in [6.45, 7) is 4.30. The van der Waals surface area contributed by atoms with E-state index in [0.717, 1.165) is 23.0 Å². The van der Waals surface area contributed by atoms with E-state index < -0.39 is 0 Å². The van der Waals surface area contributed by atoms with Crippen molar-refractivity contribution in [3.8, 4) is 5.69 Å². The summed E-state index contributed by atoms with van der Waals surface area (Å²) in [5.74, 6) is 0.131. The van der Waals surface area contributed by atoms with Gasteiger partial charge in [-0.2, -0.15) is 5.10 Å². The van der Waals surface area contributed by atoms with Crippen LogP contribution in [0.25, 0.3) is 11.8 Å². The van der Waals surface area contributed by atoms with Gasteiger partial charge in [-0.15, -0.1) is 0 Å². The smallest absolute Gasteiger partial charge is 0.282 e. The van der Waals surface area contributed by atoms with E-state index in [2.05, 4.69) is 36.4 Å². The molecule has 1 aromatic carbocycles. The third-order valence-corrected chi connectivity index (χ3v) is 4.18. The van der Waals surface area contributed by atoms with Crippen LogP contribution in [0.2, 0.25) is 0 Å². The van der Waals surface area contributed by atoms with Gasteiger partial charge in [0.1, 0.15) is 0 Å². The predicted molar refractivity (Wildman–Crippen MR) is 86.8 cm³/mol. The second-order valence-electron chi connectivity index (χ2n) is 5.32. The highest BCUT2D eigenvalue weighted by Crippen LogP contribution is 2.25. The van der Waals surface area contributed by atoms with Crippen LogP contribution in [-0.2, 0) is 4.79 Å². The summed E-state index contributed by atoms with van der Waals surface area (Å²) in [5.41, 5.74) is 3.00. The van der Waals surface area contributed by atoms with Gasteiger partial charge in [-0.1, -0.05) is 26.0 Å². The van der Waals surface area contributed by atoms with E-state index in [4.69, 9.17) is 0 Å². The van der Waals surface area contributed by atoms with E-state index in [1.807, 2.05) is 18.3 Å². The van der Waals surface area contributed by atoms with Gasteiger partial charge in [0.05, 0.1) is 16.8 Å². The lowest BCUT2D eigenvalue weighted by Crippen LogP contribution is -2.17. The van der Waals surface area contributed by atoms with Crippen LogP contribution in [0.3, 0.4) is 0 Å². The molecule has 3 rings (SSSR count). The Morgan fingerprint density at radius 2 is 1.95 bits per heavy atom. The minimum atomic E-state index is -0.357. The van der Waals surface area contributed by atoms with Crippen LogP contribution < -0.4 is 5.32 Å². The first-order valence-electron chi connectivity index (χ1n) is 6.93. The lowest BCUT2D eigenvalue weighted by atomic mass is 10.0. The maximum absolute atomic E-state index is 11.5. The van der Waals surface area contributed by atoms with Gasteiger partial charge in [0.25, 0.3) is 11.1 Å². The molecule has 2 heterocycles. The maximum Gasteiger partial charge on any atom is 0.290 e. The molecule has 1 saturated heterocycles. The number of carbonyl (C=O) groups excluding carboxylic acids is 2. The molecule has 0 saturated carbocycles. The van der Waals surface area contributed by atoms with Crippen LogP contribution in [0.1, 0.15) is 30.9 Å². The van der Waals surface area contributed by atoms with Gasteiger partial charge in [0.15, 0.2) is 0 Å². The number of aromatic nitrogens is 2. The SMILES string of the molecule is CC(C)c1ccc(-n2cc(/C=C3\SC(=O)NC3=O)cn2)cc1. The van der Waals surface area contributed by atoms with E-state index in [-0.39, 0.29) is 11.1 Å². The van der Waals surface area contributed by atoms with Gasteiger partial charge in [0, 0.05) is 11.8 Å². The first kappa shape index (κ1) is 14.6. The van der Waals surface area contributed by atoms with Crippen molar-refractivity contribution < 1.29 is 9.59 Å². The molecule has 6 heteroatoms. The number of benzene rings is 1. The second-order valence-corrected chi connectivity index (χ2v) is 6.33. The minimum absolute atomic E-state index is 0.340. The monoisotopic (exact) mass is 313 g/mol. The average molecular weight is 313 g/mol. The average Bonchev–Trinajstić information content (AvgIpc) is 3.06. The largest absolute Gasteiger partial charge is 0.290 e. The molecule has 1 fully saturated rings. The quantitative estimate of drug-likeness (QED) is 0.883. The number of amides is 2. The standard InChI is InChI=1S/C16H15N3O2S/c1-10(2)12-3-5-13(6-4-12)19-9-11(8-17-19)7-14-15(20)18-16(21)22-14/h3-10H,1-2H3,(H,18,20,21)/b14-7-. The number of hydrogen-bond acceptors (Lipinski definition) is 4. The Morgan fingerprint density at radius 1 is 1.23 bits per heavy atom. The topological polar surface area (TPSA) is 64.0 Å². The van der Waals surface area contributed by atoms with Crippen LogP contribution in [0, 0.1) is 0 Å². The molecule has 0 radical (unpaired) electrons. The van der Waals surface area contributed by atoms with Gasteiger partial charge in [-0.05, 0) is 41.5 Å². The number of nitrogens with one attached hydrogen (secondary N) is 1. The van der Waals surface area contributed by atoms with Crippen LogP contribution >= 0.6 is 11.8 Å². The number of hydrogen-bond donors (Lipinski definition) is 1. The van der Waals surface area contributed by atoms with E-state index in [0.29, 0.717) is 10.8 Å². The summed E-state index contributed by atoms with van der Waals surface area (Å²) in [6.07, 6.45) is 5.16. The number of imide groups is 1. The lowest BCUT2D eigenvalue weighted by molar-refractivity contribution is -0.115. The van der Waals surface area contributed by atoms with E-state index in [1.165, 1.54) is 5.56 Å². The second kappa shape index (κ2) is 5.81. The fourth-order valence-electron chi connectivity index (χ4n) is 2.14. The van der Waals surface area contributed by atoms with Crippen LogP contribution in [0.15, 0.2) is 41.6 Å². The molecule has 5 nitrogen and oxygen atoms in total. The first-order valence-corrected chi connectivity index (χ1v) is 7.74. The lowest BCUT2D eigenvalue weighted by Gasteiger charge is -2.06. The van der Waals surface area contributed by atoms with Gasteiger partial charge in [0.2, 0.25) is 0 Å². The highest BCUT2D eigenvalue weighted by atomic mass is 32.2. The fourth-order valence-corrected chi connectivity index (χ4v) is 2.82. The normalized spacial score (nSPS) is 16.6. The van der Waals surface area contributed by atoms with Crippen LogP contribution in [-0.4, -0.2) is 20.9 Å². The minimum Gasteiger partial charge on any atom is -0.282 e. The summed E-state index contributed by atoms with van der Waals surface area (Å²) in [5, 5.41) is 6.19. The third kappa shape index (κ3) is 2.96. The molecule has 2 aromatic rings. The maximum atomic E-state index is 11.5. The Balaban J connectivity index is 1.83. The molecule has 0 spiro atoms. The predicted octanol–water partition coefficient (Wildman–Crippen LogP) is 3.32. The molecule has 1 aliphatic rings. The van der Waals surface area contributed by atoms with Gasteiger partial charge in [-0.3, -0.25) is 14.9 Å². The fraction of sp³-hybridized carbons (Fsp3) is 0.188. The van der Waals surface area contributed by atoms with Crippen molar-refractivity contribution in [2.24, 2.45) is 0 Å². The molecule has 112 valence electrons. The number of nitrogens with zero attached hydrogens (tertiary/aromatic N) is 2. The highest BCUT2D eigenvalue weighted by Gasteiger charge is 2.25. The summed E-state index contributed by atoms with van der Waals surface area (Å²) < 4.78 is 1.75. The molecular weight excluding hydrogens is 298 g/mol. The Morgan fingerprint density at radius 3 is 2.55 bits per heavy atom. The summed E-state index contributed by atoms with van der Waals surface area (Å²) in [6, 6.07) is 8.19. The van der Waals surface area contributed by atoms with Gasteiger partial charge < -0.3 is 0 Å². The Bertz CT molecular complexity index is 760. The summed E-state index contributed by atoms with van der Waals surface area (Å²) in [4.78, 5) is 23.0. The van der Waals surface area contributed by atoms with Gasteiger partial charge >= 0.3 is 0 Å². The van der Waals surface area contributed by atoms with Crippen molar-refractivity contribution in [1.82, 2.24) is 15.1 Å². The van der Waals surface area contributed by atoms with Crippen molar-refractivity contribution in [2.75, 3.05) is 0 Å². The molecule has 0 unspecified atom stereocenters. The zero-order valence-electron chi connectivity index (χ0n) is 12.2. The van der Waals surface area contributed by atoms with Crippen LogP contribution in [0.4, 0.5) is 4.79 Å². The van der Waals surface area contributed by atoms with Crippen LogP contribution in [0.5, 0.6) is 0 Å². The van der Waals surface area contributed by atoms with Crippen molar-refractivity contribution in [1.29, 1.82) is 0 Å². The van der Waals surface area contributed by atoms with Crippen molar-refractivity contribution in [2.45, 2.75) is 19.8 Å². The van der Waals surface area contributed by atoms with Crippen molar-refractivity contribution in [3.05, 3.63) is 52.7 Å². The van der Waals surface area contributed by atoms with E-state index >= 15 is 0 Å². The molecular formula is C16H15N3O2S. The number of rotatable bonds is 3. The summed E-state index contributed by atoms with van der Waals surface area (Å²) in [7, 11) is 0. The first-order chi connectivity index (χ1) is 10.5. The molecule has 2 amide bonds. The van der Waals surface area contributed by atoms with Crippen molar-refractivity contribution in [3.63, 3.8) is 0 Å². The highest BCUT2D eigenvalue weighted by molar-refractivity contribution is 8.18.